The van der Waals surface area contributed by atoms with Crippen LogP contribution in [-0.2, 0) is 6.54 Å². The van der Waals surface area contributed by atoms with Gasteiger partial charge in [-0.3, -0.25) is 0 Å². The molecule has 0 spiro atoms. The fourth-order valence-corrected chi connectivity index (χ4v) is 1.22. The van der Waals surface area contributed by atoms with Crippen molar-refractivity contribution in [2.45, 2.75) is 26.4 Å². The molecule has 1 N–H and O–H groups in total. The average Bonchev–Trinajstić information content (AvgIpc) is 2.85. The van der Waals surface area contributed by atoms with Gasteiger partial charge in [-0.25, -0.2) is 4.98 Å². The van der Waals surface area contributed by atoms with E-state index in [1.165, 1.54) is 0 Å². The molecule has 0 aromatic carbocycles. The summed E-state index contributed by atoms with van der Waals surface area (Å²) < 4.78 is 10.5. The van der Waals surface area contributed by atoms with E-state index in [-0.39, 0.29) is 0 Å². The third-order valence-electron chi connectivity index (χ3n) is 2.02. The van der Waals surface area contributed by atoms with Crippen LogP contribution in [0.4, 0.5) is 0 Å². The molecule has 0 aliphatic carbocycles. The maximum Gasteiger partial charge on any atom is 0.208 e. The van der Waals surface area contributed by atoms with Crippen LogP contribution in [0.1, 0.15) is 19.7 Å². The van der Waals surface area contributed by atoms with Crippen LogP contribution in [0.5, 0.6) is 0 Å². The van der Waals surface area contributed by atoms with E-state index >= 15 is 0 Å². The Labute approximate surface area is 88.3 Å². The van der Waals surface area contributed by atoms with Gasteiger partial charge in [-0.2, -0.15) is 0 Å². The molecule has 0 atom stereocenters. The molecule has 2 aromatic rings. The minimum absolute atomic E-state index is 0.425. The maximum atomic E-state index is 5.54. The smallest absolute Gasteiger partial charge is 0.208 e. The fourth-order valence-electron chi connectivity index (χ4n) is 1.22. The van der Waals surface area contributed by atoms with Crippen LogP contribution in [0.15, 0.2) is 33.6 Å². The molecule has 15 heavy (non-hydrogen) atoms. The highest BCUT2D eigenvalue weighted by molar-refractivity contribution is 5.53. The third-order valence-corrected chi connectivity index (χ3v) is 2.02. The highest BCUT2D eigenvalue weighted by Crippen LogP contribution is 2.20. The summed E-state index contributed by atoms with van der Waals surface area (Å²) in [6.45, 7) is 4.81. The molecule has 2 aromatic heterocycles. The van der Waals surface area contributed by atoms with Crippen molar-refractivity contribution in [1.82, 2.24) is 10.3 Å². The number of nitrogens with one attached hydrogen (secondary N) is 1. The van der Waals surface area contributed by atoms with Crippen molar-refractivity contribution < 1.29 is 8.83 Å². The highest BCUT2D eigenvalue weighted by atomic mass is 16.4. The SMILES string of the molecule is CC(C)NCc1ncc(-c2ccoc2)o1. The van der Waals surface area contributed by atoms with Crippen LogP contribution in [0.25, 0.3) is 11.3 Å². The number of aromatic nitrogens is 1. The molecule has 2 heterocycles. The molecule has 4 nitrogen and oxygen atoms in total. The van der Waals surface area contributed by atoms with E-state index in [0.29, 0.717) is 18.5 Å². The van der Waals surface area contributed by atoms with E-state index in [1.807, 2.05) is 6.07 Å². The molecule has 4 heteroatoms. The lowest BCUT2D eigenvalue weighted by Gasteiger charge is -2.03. The van der Waals surface area contributed by atoms with Crippen molar-refractivity contribution in [3.63, 3.8) is 0 Å². The van der Waals surface area contributed by atoms with E-state index in [4.69, 9.17) is 8.83 Å². The molecule has 80 valence electrons. The number of oxazole rings is 1. The van der Waals surface area contributed by atoms with Crippen molar-refractivity contribution in [2.24, 2.45) is 0 Å². The minimum Gasteiger partial charge on any atom is -0.472 e. The standard InChI is InChI=1S/C11H14N2O2/c1-8(2)12-6-11-13-5-10(15-11)9-3-4-14-7-9/h3-5,7-8,12H,6H2,1-2H3. The van der Waals surface area contributed by atoms with Crippen molar-refractivity contribution in [3.8, 4) is 11.3 Å². The first-order valence-electron chi connectivity index (χ1n) is 4.96. The van der Waals surface area contributed by atoms with Crippen LogP contribution in [0.2, 0.25) is 0 Å². The molecule has 0 bridgehead atoms. The van der Waals surface area contributed by atoms with Gasteiger partial charge in [0.05, 0.1) is 24.6 Å². The summed E-state index contributed by atoms with van der Waals surface area (Å²) in [4.78, 5) is 4.17. The maximum absolute atomic E-state index is 5.54. The van der Waals surface area contributed by atoms with Gasteiger partial charge in [-0.15, -0.1) is 0 Å². The van der Waals surface area contributed by atoms with Crippen LogP contribution < -0.4 is 5.32 Å². The number of hydrogen-bond donors (Lipinski definition) is 1. The Bertz CT molecular complexity index is 404. The summed E-state index contributed by atoms with van der Waals surface area (Å²) in [5.74, 6) is 1.43. The molecule has 0 radical (unpaired) electrons. The van der Waals surface area contributed by atoms with Gasteiger partial charge in [0, 0.05) is 6.04 Å². The quantitative estimate of drug-likeness (QED) is 0.834. The molecule has 0 amide bonds. The number of furan rings is 1. The third kappa shape index (κ3) is 2.47. The van der Waals surface area contributed by atoms with Crippen LogP contribution >= 0.6 is 0 Å². The van der Waals surface area contributed by atoms with Gasteiger partial charge in [0.25, 0.3) is 0 Å². The van der Waals surface area contributed by atoms with Gasteiger partial charge in [-0.1, -0.05) is 13.8 Å². The number of rotatable bonds is 4. The lowest BCUT2D eigenvalue weighted by Crippen LogP contribution is -2.21. The molecule has 2 rings (SSSR count). The largest absolute Gasteiger partial charge is 0.472 e. The number of hydrogen-bond acceptors (Lipinski definition) is 4. The molecule has 0 saturated heterocycles. The highest BCUT2D eigenvalue weighted by Gasteiger charge is 2.07. The molecule has 0 aliphatic rings. The molecule has 0 saturated carbocycles. The van der Waals surface area contributed by atoms with Gasteiger partial charge in [-0.05, 0) is 6.07 Å². The van der Waals surface area contributed by atoms with Gasteiger partial charge >= 0.3 is 0 Å². The molecular formula is C11H14N2O2. The average molecular weight is 206 g/mol. The Morgan fingerprint density at radius 3 is 3.00 bits per heavy atom. The Kier molecular flexibility index (Phi) is 2.87. The molecule has 0 fully saturated rings. The second kappa shape index (κ2) is 4.31. The second-order valence-corrected chi connectivity index (χ2v) is 3.67. The fraction of sp³-hybridized carbons (Fsp3) is 0.364. The van der Waals surface area contributed by atoms with Gasteiger partial charge < -0.3 is 14.2 Å². The Hall–Kier alpha value is -1.55. The van der Waals surface area contributed by atoms with Crippen LogP contribution in [-0.4, -0.2) is 11.0 Å². The summed E-state index contributed by atoms with van der Waals surface area (Å²) in [6.07, 6.45) is 4.96. The topological polar surface area (TPSA) is 51.2 Å². The summed E-state index contributed by atoms with van der Waals surface area (Å²) in [5, 5.41) is 3.24. The van der Waals surface area contributed by atoms with Crippen molar-refractivity contribution in [3.05, 3.63) is 30.7 Å². The molecule has 0 unspecified atom stereocenters. The van der Waals surface area contributed by atoms with Crippen molar-refractivity contribution in [1.29, 1.82) is 0 Å². The zero-order valence-corrected chi connectivity index (χ0v) is 8.86. The first kappa shape index (κ1) is 9.98. The van der Waals surface area contributed by atoms with Gasteiger partial charge in [0.2, 0.25) is 5.89 Å². The summed E-state index contributed by atoms with van der Waals surface area (Å²) in [6, 6.07) is 2.27. The lowest BCUT2D eigenvalue weighted by atomic mass is 10.3. The molecular weight excluding hydrogens is 192 g/mol. The predicted octanol–water partition coefficient (Wildman–Crippen LogP) is 2.43. The van der Waals surface area contributed by atoms with E-state index in [2.05, 4.69) is 24.1 Å². The second-order valence-electron chi connectivity index (χ2n) is 3.67. The summed E-state index contributed by atoms with van der Waals surface area (Å²) in [5.41, 5.74) is 0.915. The molecule has 0 aliphatic heterocycles. The Morgan fingerprint density at radius 1 is 1.47 bits per heavy atom. The van der Waals surface area contributed by atoms with Gasteiger partial charge in [0.1, 0.15) is 6.26 Å². The first-order valence-corrected chi connectivity index (χ1v) is 4.96. The van der Waals surface area contributed by atoms with E-state index in [9.17, 15) is 0 Å². The van der Waals surface area contributed by atoms with E-state index in [1.54, 1.807) is 18.7 Å². The zero-order valence-electron chi connectivity index (χ0n) is 8.86. The van der Waals surface area contributed by atoms with Crippen molar-refractivity contribution >= 4 is 0 Å². The zero-order chi connectivity index (χ0) is 10.7. The minimum atomic E-state index is 0.425. The monoisotopic (exact) mass is 206 g/mol. The summed E-state index contributed by atoms with van der Waals surface area (Å²) >= 11 is 0. The van der Waals surface area contributed by atoms with Crippen LogP contribution in [0, 0.1) is 0 Å². The predicted molar refractivity (Wildman–Crippen MR) is 56.2 cm³/mol. The number of nitrogens with zero attached hydrogens (tertiary/aromatic N) is 1. The Morgan fingerprint density at radius 2 is 2.33 bits per heavy atom. The van der Waals surface area contributed by atoms with Crippen molar-refractivity contribution in [2.75, 3.05) is 0 Å². The van der Waals surface area contributed by atoms with Crippen LogP contribution in [0.3, 0.4) is 0 Å². The van der Waals surface area contributed by atoms with Gasteiger partial charge in [0.15, 0.2) is 5.76 Å². The summed E-state index contributed by atoms with van der Waals surface area (Å²) in [7, 11) is 0. The lowest BCUT2D eigenvalue weighted by molar-refractivity contribution is 0.458. The normalized spacial score (nSPS) is 11.1. The Balaban J connectivity index is 2.04. The first-order chi connectivity index (χ1) is 7.25. The van der Waals surface area contributed by atoms with E-state index in [0.717, 1.165) is 11.3 Å². The van der Waals surface area contributed by atoms with E-state index < -0.39 is 0 Å².